The molecule has 2 saturated heterocycles. The lowest BCUT2D eigenvalue weighted by Gasteiger charge is -2.31. The van der Waals surface area contributed by atoms with Gasteiger partial charge in [0.2, 0.25) is 0 Å². The summed E-state index contributed by atoms with van der Waals surface area (Å²) in [7, 11) is 1.64. The summed E-state index contributed by atoms with van der Waals surface area (Å²) in [5.74, 6) is -0.00253. The number of methoxy groups -OCH3 is 1. The molecule has 0 bridgehead atoms. The molecule has 3 aromatic rings. The molecule has 10 heteroatoms. The van der Waals surface area contributed by atoms with Gasteiger partial charge in [-0.2, -0.15) is 0 Å². The molecule has 0 aromatic heterocycles. The topological polar surface area (TPSA) is 113 Å². The van der Waals surface area contributed by atoms with Gasteiger partial charge in [-0.15, -0.1) is 0 Å². The largest absolute Gasteiger partial charge is 0.497 e. The third-order valence-corrected chi connectivity index (χ3v) is 7.16. The first-order valence-electron chi connectivity index (χ1n) is 14.0. The smallest absolute Gasteiger partial charge is 0.190 e. The summed E-state index contributed by atoms with van der Waals surface area (Å²) in [6.07, 6.45) is -2.48. The minimum Gasteiger partial charge on any atom is -0.497 e. The number of ether oxygens (including phenoxy) is 7. The highest BCUT2D eigenvalue weighted by molar-refractivity contribution is 5.26. The van der Waals surface area contributed by atoms with Crippen molar-refractivity contribution in [1.82, 2.24) is 0 Å². The van der Waals surface area contributed by atoms with Gasteiger partial charge in [-0.25, -0.2) is 0 Å². The van der Waals surface area contributed by atoms with Crippen LogP contribution in [0, 0.1) is 0 Å². The van der Waals surface area contributed by atoms with Crippen LogP contribution in [0.25, 0.3) is 10.4 Å². The van der Waals surface area contributed by atoms with Crippen molar-refractivity contribution in [2.45, 2.75) is 76.7 Å². The van der Waals surface area contributed by atoms with Gasteiger partial charge in [-0.1, -0.05) is 71.8 Å². The van der Waals surface area contributed by atoms with Crippen LogP contribution in [0.1, 0.15) is 36.1 Å². The lowest BCUT2D eigenvalue weighted by molar-refractivity contribution is -0.238. The zero-order valence-corrected chi connectivity index (χ0v) is 24.1. The van der Waals surface area contributed by atoms with E-state index in [0.29, 0.717) is 19.8 Å². The second-order valence-corrected chi connectivity index (χ2v) is 10.8. The van der Waals surface area contributed by atoms with Gasteiger partial charge in [0.1, 0.15) is 30.2 Å². The predicted octanol–water partition coefficient (Wildman–Crippen LogP) is 6.07. The molecule has 3 aromatic carbocycles. The van der Waals surface area contributed by atoms with E-state index in [9.17, 15) is 0 Å². The third kappa shape index (κ3) is 7.87. The molecule has 10 nitrogen and oxygen atoms in total. The Morgan fingerprint density at radius 1 is 0.881 bits per heavy atom. The molecule has 0 N–H and O–H groups in total. The highest BCUT2D eigenvalue weighted by Crippen LogP contribution is 2.40. The fourth-order valence-electron chi connectivity index (χ4n) is 5.15. The van der Waals surface area contributed by atoms with E-state index >= 15 is 0 Å². The third-order valence-electron chi connectivity index (χ3n) is 7.16. The number of azide groups is 1. The average molecular weight is 576 g/mol. The van der Waals surface area contributed by atoms with E-state index < -0.39 is 36.5 Å². The minimum atomic E-state index is -0.789. The zero-order valence-electron chi connectivity index (χ0n) is 24.1. The summed E-state index contributed by atoms with van der Waals surface area (Å²) in [5, 5.41) is 3.67. The van der Waals surface area contributed by atoms with Crippen molar-refractivity contribution in [2.75, 3.05) is 13.7 Å². The van der Waals surface area contributed by atoms with Crippen molar-refractivity contribution in [3.8, 4) is 5.75 Å². The van der Waals surface area contributed by atoms with E-state index in [4.69, 9.17) is 38.7 Å². The van der Waals surface area contributed by atoms with Gasteiger partial charge in [0, 0.05) is 4.91 Å². The van der Waals surface area contributed by atoms with Gasteiger partial charge in [0.15, 0.2) is 12.1 Å². The number of benzene rings is 3. The average Bonchev–Trinajstić information content (AvgIpc) is 3.49. The summed E-state index contributed by atoms with van der Waals surface area (Å²) in [4.78, 5) is 2.86. The second kappa shape index (κ2) is 14.1. The molecular formula is C32H37N3O7. The molecule has 2 aliphatic heterocycles. The number of nitrogens with zero attached hydrogens (tertiary/aromatic N) is 3. The van der Waals surface area contributed by atoms with Crippen molar-refractivity contribution < 1.29 is 33.2 Å². The number of rotatable bonds is 14. The maximum absolute atomic E-state index is 8.69. The van der Waals surface area contributed by atoms with Gasteiger partial charge in [0.05, 0.1) is 40.1 Å². The molecule has 2 fully saturated rings. The predicted molar refractivity (Wildman–Crippen MR) is 154 cm³/mol. The van der Waals surface area contributed by atoms with Crippen LogP contribution in [-0.4, -0.2) is 50.2 Å². The lowest BCUT2D eigenvalue weighted by atomic mass is 10.1. The van der Waals surface area contributed by atoms with Crippen LogP contribution in [0.3, 0.4) is 0 Å². The van der Waals surface area contributed by atoms with Crippen LogP contribution in [0.5, 0.6) is 5.75 Å². The second-order valence-electron chi connectivity index (χ2n) is 10.8. The molecule has 5 rings (SSSR count). The Kier molecular flexibility index (Phi) is 10.1. The van der Waals surface area contributed by atoms with E-state index in [1.807, 2.05) is 92.7 Å². The standard InChI is InChI=1S/C32H37N3O7/c1-32(2)41-30-29(39-19-22-8-5-4-6-9-22)28(40-31(30)42-32)27(21-37-18-23-12-14-26(36-3)15-13-23)38-20-25-11-7-10-24(16-25)17-34-35-33/h4-16,27-31H,17-21H2,1-3H3/t27-,28-,29+,30-,31-/m1/s1. The Morgan fingerprint density at radius 2 is 1.62 bits per heavy atom. The van der Waals surface area contributed by atoms with Gasteiger partial charge in [0.25, 0.3) is 0 Å². The first-order valence-corrected chi connectivity index (χ1v) is 14.0. The number of hydrogen-bond donors (Lipinski definition) is 0. The molecule has 222 valence electrons. The molecule has 5 atom stereocenters. The molecule has 0 saturated carbocycles. The first kappa shape index (κ1) is 30.0. The summed E-state index contributed by atoms with van der Waals surface area (Å²) in [6, 6.07) is 25.5. The molecule has 0 unspecified atom stereocenters. The summed E-state index contributed by atoms with van der Waals surface area (Å²) >= 11 is 0. The Morgan fingerprint density at radius 3 is 2.38 bits per heavy atom. The van der Waals surface area contributed by atoms with Crippen molar-refractivity contribution in [2.24, 2.45) is 5.11 Å². The van der Waals surface area contributed by atoms with Crippen molar-refractivity contribution >= 4 is 0 Å². The van der Waals surface area contributed by atoms with E-state index in [-0.39, 0.29) is 13.2 Å². The van der Waals surface area contributed by atoms with Gasteiger partial charge >= 0.3 is 0 Å². The van der Waals surface area contributed by atoms with Crippen LogP contribution >= 0.6 is 0 Å². The van der Waals surface area contributed by atoms with Crippen LogP contribution in [0.4, 0.5) is 0 Å². The maximum atomic E-state index is 8.69. The molecule has 2 heterocycles. The zero-order chi connectivity index (χ0) is 29.4. The number of fused-ring (bicyclic) bond motifs is 1. The van der Waals surface area contributed by atoms with Gasteiger partial charge in [-0.3, -0.25) is 0 Å². The minimum absolute atomic E-state index is 0.253. The van der Waals surface area contributed by atoms with E-state index in [1.54, 1.807) is 7.11 Å². The Bertz CT molecular complexity index is 1330. The molecular weight excluding hydrogens is 538 g/mol. The molecule has 0 radical (unpaired) electrons. The van der Waals surface area contributed by atoms with E-state index in [0.717, 1.165) is 28.0 Å². The molecule has 0 amide bonds. The summed E-state index contributed by atoms with van der Waals surface area (Å²) < 4.78 is 43.1. The fraction of sp³-hybridized carbons (Fsp3) is 0.438. The molecule has 0 aliphatic carbocycles. The summed E-state index contributed by atoms with van der Waals surface area (Å²) in [6.45, 7) is 5.34. The monoisotopic (exact) mass is 575 g/mol. The van der Waals surface area contributed by atoms with Crippen LogP contribution < -0.4 is 4.74 Å². The molecule has 2 aliphatic rings. The lowest BCUT2D eigenvalue weighted by Crippen LogP contribution is -2.45. The van der Waals surface area contributed by atoms with Crippen LogP contribution in [0.2, 0.25) is 0 Å². The SMILES string of the molecule is COc1ccc(COC[C@@H](OCc2cccc(CN=[N+]=[N-])c2)[C@H]2O[C@@H]3OC(C)(C)O[C@@H]3[C@H]2OCc2ccccc2)cc1. The Labute approximate surface area is 246 Å². The van der Waals surface area contributed by atoms with Crippen LogP contribution in [-0.2, 0) is 54.8 Å². The van der Waals surface area contributed by atoms with Gasteiger partial charge < -0.3 is 33.2 Å². The van der Waals surface area contributed by atoms with Crippen molar-refractivity contribution in [1.29, 1.82) is 0 Å². The highest BCUT2D eigenvalue weighted by atomic mass is 16.8. The maximum Gasteiger partial charge on any atom is 0.190 e. The fourth-order valence-corrected chi connectivity index (χ4v) is 5.15. The van der Waals surface area contributed by atoms with E-state index in [1.165, 1.54) is 0 Å². The summed E-state index contributed by atoms with van der Waals surface area (Å²) in [5.41, 5.74) is 12.6. The first-order chi connectivity index (χ1) is 20.4. The Balaban J connectivity index is 1.33. The molecule has 0 spiro atoms. The van der Waals surface area contributed by atoms with Crippen molar-refractivity contribution in [3.63, 3.8) is 0 Å². The normalized spacial score (nSPS) is 23.2. The van der Waals surface area contributed by atoms with E-state index in [2.05, 4.69) is 10.0 Å². The Hall–Kier alpha value is -3.47. The molecule has 42 heavy (non-hydrogen) atoms. The van der Waals surface area contributed by atoms with Gasteiger partial charge in [-0.05, 0) is 53.8 Å². The quantitative estimate of drug-likeness (QED) is 0.130. The number of hydrogen-bond acceptors (Lipinski definition) is 8. The van der Waals surface area contributed by atoms with Crippen LogP contribution in [0.15, 0.2) is 84.0 Å². The highest BCUT2D eigenvalue weighted by Gasteiger charge is 2.57. The van der Waals surface area contributed by atoms with Crippen molar-refractivity contribution in [3.05, 3.63) is 112 Å².